The van der Waals surface area contributed by atoms with Crippen molar-refractivity contribution in [1.29, 1.82) is 0 Å². The molecule has 1 aromatic rings. The second-order valence-electron chi connectivity index (χ2n) is 8.57. The van der Waals surface area contributed by atoms with Crippen molar-refractivity contribution in [3.8, 4) is 0 Å². The van der Waals surface area contributed by atoms with Crippen molar-refractivity contribution >= 4 is 11.8 Å². The molecule has 2 saturated heterocycles. The van der Waals surface area contributed by atoms with Crippen LogP contribution in [0.25, 0.3) is 0 Å². The van der Waals surface area contributed by atoms with E-state index in [9.17, 15) is 14.7 Å². The minimum absolute atomic E-state index is 0.0363. The van der Waals surface area contributed by atoms with Gasteiger partial charge in [0.2, 0.25) is 11.8 Å². The number of benzene rings is 1. The van der Waals surface area contributed by atoms with Gasteiger partial charge in [0.15, 0.2) is 0 Å². The summed E-state index contributed by atoms with van der Waals surface area (Å²) in [4.78, 5) is 31.2. The molecule has 2 atom stereocenters. The number of amides is 2. The van der Waals surface area contributed by atoms with E-state index in [1.54, 1.807) is 0 Å². The predicted octanol–water partition coefficient (Wildman–Crippen LogP) is 0.916. The Hall–Kier alpha value is -1.92. The molecular formula is C21H29N3O3. The second kappa shape index (κ2) is 6.91. The first-order valence-electron chi connectivity index (χ1n) is 9.89. The summed E-state index contributed by atoms with van der Waals surface area (Å²) < 4.78 is 0. The maximum atomic E-state index is 13.1. The Morgan fingerprint density at radius 2 is 1.85 bits per heavy atom. The summed E-state index contributed by atoms with van der Waals surface area (Å²) in [6, 6.07) is 9.94. The lowest BCUT2D eigenvalue weighted by Gasteiger charge is -2.71. The van der Waals surface area contributed by atoms with E-state index in [0.717, 1.165) is 24.8 Å². The summed E-state index contributed by atoms with van der Waals surface area (Å²) in [6.07, 6.45) is 3.00. The Kier molecular flexibility index (Phi) is 4.72. The van der Waals surface area contributed by atoms with Gasteiger partial charge in [-0.15, -0.1) is 0 Å². The maximum Gasteiger partial charge on any atom is 0.236 e. The number of aliphatic hydroxyl groups is 1. The predicted molar refractivity (Wildman–Crippen MR) is 102 cm³/mol. The van der Waals surface area contributed by atoms with Crippen LogP contribution < -0.4 is 0 Å². The first-order valence-corrected chi connectivity index (χ1v) is 9.89. The molecule has 146 valence electrons. The van der Waals surface area contributed by atoms with Crippen LogP contribution in [0.4, 0.5) is 0 Å². The first-order chi connectivity index (χ1) is 13.0. The fourth-order valence-electron chi connectivity index (χ4n) is 5.03. The number of likely N-dealkylation sites (tertiary alicyclic amines) is 2. The first kappa shape index (κ1) is 18.4. The highest BCUT2D eigenvalue weighted by atomic mass is 16.3. The van der Waals surface area contributed by atoms with E-state index in [2.05, 4.69) is 12.1 Å². The van der Waals surface area contributed by atoms with E-state index in [1.165, 1.54) is 0 Å². The van der Waals surface area contributed by atoms with Gasteiger partial charge < -0.3 is 19.8 Å². The largest absolute Gasteiger partial charge is 0.394 e. The van der Waals surface area contributed by atoms with Crippen molar-refractivity contribution in [2.24, 2.45) is 5.92 Å². The van der Waals surface area contributed by atoms with Crippen LogP contribution >= 0.6 is 0 Å². The molecule has 0 unspecified atom stereocenters. The van der Waals surface area contributed by atoms with Gasteiger partial charge in [-0.1, -0.05) is 36.8 Å². The molecule has 2 aliphatic heterocycles. The average molecular weight is 371 g/mol. The maximum absolute atomic E-state index is 13.1. The standard InChI is InChI=1S/C21H29N3O3/c1-22(2)11-18(26)23-13-21(14-23)19(15-7-4-3-5-8-15)17(12-25)24(21)20(27)16-9-6-10-16/h3-5,7-8,16-17,19,25H,6,9-14H2,1-2H3/t17-,19-/m1/s1. The molecule has 1 saturated carbocycles. The zero-order valence-corrected chi connectivity index (χ0v) is 16.2. The number of carbonyl (C=O) groups is 2. The van der Waals surface area contributed by atoms with Gasteiger partial charge in [0.25, 0.3) is 0 Å². The van der Waals surface area contributed by atoms with Crippen LogP contribution in [0.15, 0.2) is 30.3 Å². The van der Waals surface area contributed by atoms with Crippen molar-refractivity contribution in [3.05, 3.63) is 35.9 Å². The molecule has 1 spiro atoms. The topological polar surface area (TPSA) is 64.1 Å². The molecule has 0 bridgehead atoms. The third kappa shape index (κ3) is 2.86. The highest BCUT2D eigenvalue weighted by molar-refractivity contribution is 5.85. The van der Waals surface area contributed by atoms with Crippen LogP contribution in [-0.4, -0.2) is 83.5 Å². The molecule has 2 amide bonds. The van der Waals surface area contributed by atoms with Crippen molar-refractivity contribution in [1.82, 2.24) is 14.7 Å². The van der Waals surface area contributed by atoms with E-state index in [4.69, 9.17) is 0 Å². The molecular weight excluding hydrogens is 342 g/mol. The van der Waals surface area contributed by atoms with Crippen LogP contribution in [0.5, 0.6) is 0 Å². The highest BCUT2D eigenvalue weighted by Crippen LogP contribution is 2.55. The molecule has 1 N–H and O–H groups in total. The van der Waals surface area contributed by atoms with Gasteiger partial charge >= 0.3 is 0 Å². The SMILES string of the molecule is CN(C)CC(=O)N1CC2(C1)[C@H](c1ccccc1)[C@@H](CO)N2C(=O)C1CCC1. The van der Waals surface area contributed by atoms with Crippen LogP contribution in [0.1, 0.15) is 30.7 Å². The normalized spacial score (nSPS) is 26.5. The van der Waals surface area contributed by atoms with Gasteiger partial charge in [0.1, 0.15) is 0 Å². The van der Waals surface area contributed by atoms with E-state index in [1.807, 2.05) is 47.0 Å². The smallest absolute Gasteiger partial charge is 0.236 e. The van der Waals surface area contributed by atoms with Crippen LogP contribution in [0.2, 0.25) is 0 Å². The molecule has 2 heterocycles. The highest BCUT2D eigenvalue weighted by Gasteiger charge is 2.68. The zero-order chi connectivity index (χ0) is 19.2. The molecule has 1 aromatic carbocycles. The average Bonchev–Trinajstić information content (AvgIpc) is 2.51. The number of aliphatic hydroxyl groups excluding tert-OH is 1. The molecule has 27 heavy (non-hydrogen) atoms. The molecule has 0 aromatic heterocycles. The van der Waals surface area contributed by atoms with Gasteiger partial charge in [0, 0.05) is 24.9 Å². The summed E-state index contributed by atoms with van der Waals surface area (Å²) in [5, 5.41) is 10.1. The fourth-order valence-corrected chi connectivity index (χ4v) is 5.03. The number of nitrogens with zero attached hydrogens (tertiary/aromatic N) is 3. The molecule has 3 fully saturated rings. The molecule has 4 rings (SSSR count). The number of likely N-dealkylation sites (N-methyl/N-ethyl adjacent to an activating group) is 1. The van der Waals surface area contributed by atoms with Crippen molar-refractivity contribution in [2.45, 2.75) is 36.8 Å². The van der Waals surface area contributed by atoms with Crippen LogP contribution in [0, 0.1) is 5.92 Å². The van der Waals surface area contributed by atoms with Gasteiger partial charge in [-0.05, 0) is 32.5 Å². The summed E-state index contributed by atoms with van der Waals surface area (Å²) in [5.74, 6) is 0.448. The Morgan fingerprint density at radius 3 is 2.37 bits per heavy atom. The lowest BCUT2D eigenvalue weighted by molar-refractivity contribution is -0.207. The minimum Gasteiger partial charge on any atom is -0.394 e. The Morgan fingerprint density at radius 1 is 1.19 bits per heavy atom. The summed E-state index contributed by atoms with van der Waals surface area (Å²) in [7, 11) is 3.77. The number of rotatable bonds is 5. The second-order valence-corrected chi connectivity index (χ2v) is 8.57. The Bertz CT molecular complexity index is 711. The lowest BCUT2D eigenvalue weighted by Crippen LogP contribution is -2.86. The van der Waals surface area contributed by atoms with E-state index in [0.29, 0.717) is 19.6 Å². The molecule has 6 nitrogen and oxygen atoms in total. The number of hydrogen-bond acceptors (Lipinski definition) is 4. The van der Waals surface area contributed by atoms with E-state index < -0.39 is 0 Å². The van der Waals surface area contributed by atoms with Crippen molar-refractivity contribution in [3.63, 3.8) is 0 Å². The number of carbonyl (C=O) groups excluding carboxylic acids is 2. The van der Waals surface area contributed by atoms with Crippen LogP contribution in [-0.2, 0) is 9.59 Å². The molecule has 6 heteroatoms. The zero-order valence-electron chi connectivity index (χ0n) is 16.2. The van der Waals surface area contributed by atoms with E-state index >= 15 is 0 Å². The third-order valence-electron chi connectivity index (χ3n) is 6.55. The Labute approximate surface area is 160 Å². The minimum atomic E-state index is -0.358. The Balaban J connectivity index is 1.59. The van der Waals surface area contributed by atoms with Gasteiger partial charge in [0.05, 0.1) is 24.7 Å². The summed E-state index contributed by atoms with van der Waals surface area (Å²) >= 11 is 0. The van der Waals surface area contributed by atoms with Crippen molar-refractivity contribution < 1.29 is 14.7 Å². The molecule has 1 aliphatic carbocycles. The van der Waals surface area contributed by atoms with Crippen LogP contribution in [0.3, 0.4) is 0 Å². The van der Waals surface area contributed by atoms with E-state index in [-0.39, 0.29) is 41.8 Å². The van der Waals surface area contributed by atoms with Crippen molar-refractivity contribution in [2.75, 3.05) is 40.3 Å². The summed E-state index contributed by atoms with van der Waals surface area (Å²) in [5.41, 5.74) is 0.789. The molecule has 0 radical (unpaired) electrons. The monoisotopic (exact) mass is 371 g/mol. The van der Waals surface area contributed by atoms with Gasteiger partial charge in [-0.2, -0.15) is 0 Å². The van der Waals surface area contributed by atoms with Gasteiger partial charge in [-0.3, -0.25) is 9.59 Å². The number of hydrogen-bond donors (Lipinski definition) is 1. The summed E-state index contributed by atoms with van der Waals surface area (Å²) in [6.45, 7) is 1.47. The molecule has 3 aliphatic rings. The fraction of sp³-hybridized carbons (Fsp3) is 0.619. The lowest BCUT2D eigenvalue weighted by atomic mass is 9.60. The third-order valence-corrected chi connectivity index (χ3v) is 6.55. The quantitative estimate of drug-likeness (QED) is 0.836. The van der Waals surface area contributed by atoms with Gasteiger partial charge in [-0.25, -0.2) is 0 Å².